The first-order valence-corrected chi connectivity index (χ1v) is 6.86. The maximum Gasteiger partial charge on any atom is 0.347 e. The molecule has 2 rings (SSSR count). The van der Waals surface area contributed by atoms with Crippen LogP contribution in [0.3, 0.4) is 0 Å². The molecule has 0 fully saturated rings. The van der Waals surface area contributed by atoms with Crippen molar-refractivity contribution < 1.29 is 9.90 Å². The van der Waals surface area contributed by atoms with Crippen molar-refractivity contribution in [1.82, 2.24) is 4.98 Å². The van der Waals surface area contributed by atoms with E-state index in [4.69, 9.17) is 5.11 Å². The number of thiazole rings is 1. The van der Waals surface area contributed by atoms with Gasteiger partial charge >= 0.3 is 5.97 Å². The van der Waals surface area contributed by atoms with Gasteiger partial charge in [0.15, 0.2) is 5.13 Å². The van der Waals surface area contributed by atoms with Gasteiger partial charge in [-0.25, -0.2) is 9.78 Å². The highest BCUT2D eigenvalue weighted by Gasteiger charge is 2.14. The van der Waals surface area contributed by atoms with Gasteiger partial charge in [0, 0.05) is 5.69 Å². The molecule has 0 atom stereocenters. The zero-order chi connectivity index (χ0) is 14.0. The number of hydrogen-bond donors (Lipinski definition) is 2. The zero-order valence-electron chi connectivity index (χ0n) is 11.1. The summed E-state index contributed by atoms with van der Waals surface area (Å²) in [5.41, 5.74) is 2.70. The average Bonchev–Trinajstić information content (AvgIpc) is 2.70. The Morgan fingerprint density at radius 2 is 2.16 bits per heavy atom. The lowest BCUT2D eigenvalue weighted by Gasteiger charge is -2.08. The van der Waals surface area contributed by atoms with E-state index < -0.39 is 5.97 Å². The molecule has 0 unspecified atom stereocenters. The van der Waals surface area contributed by atoms with Gasteiger partial charge in [-0.2, -0.15) is 0 Å². The van der Waals surface area contributed by atoms with Gasteiger partial charge in [-0.15, -0.1) is 0 Å². The van der Waals surface area contributed by atoms with Crippen LogP contribution in [0.1, 0.15) is 40.7 Å². The minimum atomic E-state index is -0.931. The predicted octanol–water partition coefficient (Wildman–Crippen LogP) is 4.02. The topological polar surface area (TPSA) is 62.2 Å². The minimum Gasteiger partial charge on any atom is -0.477 e. The summed E-state index contributed by atoms with van der Waals surface area (Å²) in [5.74, 6) is -0.478. The number of carboxylic acids is 1. The van der Waals surface area contributed by atoms with Crippen LogP contribution in [0.5, 0.6) is 0 Å². The van der Waals surface area contributed by atoms with Crippen molar-refractivity contribution in [3.8, 4) is 0 Å². The van der Waals surface area contributed by atoms with Crippen molar-refractivity contribution in [2.45, 2.75) is 26.7 Å². The van der Waals surface area contributed by atoms with Crippen LogP contribution < -0.4 is 5.32 Å². The average molecular weight is 276 g/mol. The molecule has 2 N–H and O–H groups in total. The van der Waals surface area contributed by atoms with Crippen molar-refractivity contribution in [3.63, 3.8) is 0 Å². The van der Waals surface area contributed by atoms with Crippen LogP contribution in [0, 0.1) is 6.92 Å². The summed E-state index contributed by atoms with van der Waals surface area (Å²) in [5, 5.41) is 12.8. The number of rotatable bonds is 4. The number of carboxylic acid groups (broad SMARTS) is 1. The third-order valence-electron chi connectivity index (χ3n) is 2.80. The van der Waals surface area contributed by atoms with Crippen LogP contribution in [0.25, 0.3) is 0 Å². The molecule has 0 amide bonds. The molecule has 0 saturated carbocycles. The molecule has 5 heteroatoms. The van der Waals surface area contributed by atoms with E-state index in [0.29, 0.717) is 16.7 Å². The minimum absolute atomic E-state index is 0.280. The Morgan fingerprint density at radius 1 is 1.42 bits per heavy atom. The van der Waals surface area contributed by atoms with Crippen molar-refractivity contribution >= 4 is 28.1 Å². The second-order valence-corrected chi connectivity index (χ2v) is 5.64. The van der Waals surface area contributed by atoms with Crippen LogP contribution in [-0.2, 0) is 0 Å². The molecule has 100 valence electrons. The van der Waals surface area contributed by atoms with Crippen LogP contribution in [0.2, 0.25) is 0 Å². The van der Waals surface area contributed by atoms with E-state index in [1.54, 1.807) is 6.92 Å². The molecule has 0 aliphatic carbocycles. The molecule has 2 aromatic rings. The van der Waals surface area contributed by atoms with Crippen LogP contribution in [-0.4, -0.2) is 16.1 Å². The summed E-state index contributed by atoms with van der Waals surface area (Å²) < 4.78 is 0. The second kappa shape index (κ2) is 5.40. The van der Waals surface area contributed by atoms with Gasteiger partial charge in [0.1, 0.15) is 4.88 Å². The number of benzene rings is 1. The summed E-state index contributed by atoms with van der Waals surface area (Å²) in [7, 11) is 0. The summed E-state index contributed by atoms with van der Waals surface area (Å²) in [6.45, 7) is 5.97. The van der Waals surface area contributed by atoms with Gasteiger partial charge in [-0.3, -0.25) is 0 Å². The van der Waals surface area contributed by atoms with E-state index in [9.17, 15) is 4.79 Å². The number of nitrogens with zero attached hydrogens (tertiary/aromatic N) is 1. The predicted molar refractivity (Wildman–Crippen MR) is 77.6 cm³/mol. The van der Waals surface area contributed by atoms with Crippen LogP contribution in [0.4, 0.5) is 10.8 Å². The molecule has 19 heavy (non-hydrogen) atoms. The number of carbonyl (C=O) groups is 1. The van der Waals surface area contributed by atoms with E-state index in [2.05, 4.69) is 36.3 Å². The van der Waals surface area contributed by atoms with Crippen LogP contribution in [0.15, 0.2) is 24.3 Å². The number of anilines is 2. The van der Waals surface area contributed by atoms with Gasteiger partial charge < -0.3 is 10.4 Å². The lowest BCUT2D eigenvalue weighted by molar-refractivity contribution is 0.0701. The summed E-state index contributed by atoms with van der Waals surface area (Å²) in [4.78, 5) is 15.5. The van der Waals surface area contributed by atoms with E-state index in [1.807, 2.05) is 12.1 Å². The third-order valence-corrected chi connectivity index (χ3v) is 3.86. The number of hydrogen-bond acceptors (Lipinski definition) is 4. The molecular formula is C14H16N2O2S. The highest BCUT2D eigenvalue weighted by molar-refractivity contribution is 7.17. The van der Waals surface area contributed by atoms with Crippen LogP contribution >= 0.6 is 11.3 Å². The monoisotopic (exact) mass is 276 g/mol. The van der Waals surface area contributed by atoms with E-state index in [1.165, 1.54) is 5.56 Å². The van der Waals surface area contributed by atoms with Gasteiger partial charge in [-0.05, 0) is 30.5 Å². The Kier molecular flexibility index (Phi) is 3.85. The van der Waals surface area contributed by atoms with Crippen molar-refractivity contribution in [2.75, 3.05) is 5.32 Å². The summed E-state index contributed by atoms with van der Waals surface area (Å²) in [6, 6.07) is 8.06. The first kappa shape index (κ1) is 13.5. The fourth-order valence-electron chi connectivity index (χ4n) is 1.75. The number of aromatic nitrogens is 1. The molecule has 0 saturated heterocycles. The van der Waals surface area contributed by atoms with Gasteiger partial charge in [0.2, 0.25) is 0 Å². The second-order valence-electron chi connectivity index (χ2n) is 4.64. The van der Waals surface area contributed by atoms with Gasteiger partial charge in [0.25, 0.3) is 0 Å². The molecule has 0 aliphatic heterocycles. The Labute approximate surface area is 116 Å². The number of aryl methyl sites for hydroxylation is 1. The number of nitrogens with one attached hydrogen (secondary N) is 1. The first-order valence-electron chi connectivity index (χ1n) is 6.05. The molecule has 0 aliphatic rings. The molecule has 0 radical (unpaired) electrons. The Balaban J connectivity index is 2.24. The summed E-state index contributed by atoms with van der Waals surface area (Å²) >= 11 is 1.15. The van der Waals surface area contributed by atoms with Crippen molar-refractivity contribution in [1.29, 1.82) is 0 Å². The third kappa shape index (κ3) is 3.12. The van der Waals surface area contributed by atoms with E-state index >= 15 is 0 Å². The molecular weight excluding hydrogens is 260 g/mol. The zero-order valence-corrected chi connectivity index (χ0v) is 11.9. The van der Waals surface area contributed by atoms with Gasteiger partial charge in [0.05, 0.1) is 5.69 Å². The quantitative estimate of drug-likeness (QED) is 0.885. The highest BCUT2D eigenvalue weighted by Crippen LogP contribution is 2.27. The fourth-order valence-corrected chi connectivity index (χ4v) is 2.57. The SMILES string of the molecule is Cc1nc(Nc2cccc(C(C)C)c2)sc1C(=O)O. The molecule has 1 aromatic carbocycles. The van der Waals surface area contributed by atoms with Crippen molar-refractivity contribution in [2.24, 2.45) is 0 Å². The normalized spacial score (nSPS) is 10.7. The Morgan fingerprint density at radius 3 is 2.74 bits per heavy atom. The maximum atomic E-state index is 11.0. The Hall–Kier alpha value is -1.88. The fraction of sp³-hybridized carbons (Fsp3) is 0.286. The lowest BCUT2D eigenvalue weighted by atomic mass is 10.0. The summed E-state index contributed by atoms with van der Waals surface area (Å²) in [6.07, 6.45) is 0. The highest BCUT2D eigenvalue weighted by atomic mass is 32.1. The van der Waals surface area contributed by atoms with Crippen molar-refractivity contribution in [3.05, 3.63) is 40.4 Å². The molecule has 4 nitrogen and oxygen atoms in total. The number of aromatic carboxylic acids is 1. The van der Waals surface area contributed by atoms with E-state index in [-0.39, 0.29) is 4.88 Å². The Bertz CT molecular complexity index is 605. The molecule has 0 bridgehead atoms. The van der Waals surface area contributed by atoms with Gasteiger partial charge in [-0.1, -0.05) is 37.3 Å². The van der Waals surface area contributed by atoms with E-state index in [0.717, 1.165) is 17.0 Å². The largest absolute Gasteiger partial charge is 0.477 e. The smallest absolute Gasteiger partial charge is 0.347 e. The standard InChI is InChI=1S/C14H16N2O2S/c1-8(2)10-5-4-6-11(7-10)16-14-15-9(3)12(19-14)13(17)18/h4-8H,1-3H3,(H,15,16)(H,17,18). The molecule has 0 spiro atoms. The molecule has 1 heterocycles. The maximum absolute atomic E-state index is 11.0. The molecule has 1 aromatic heterocycles. The lowest BCUT2D eigenvalue weighted by Crippen LogP contribution is -1.94. The first-order chi connectivity index (χ1) is 8.97.